The minimum Gasteiger partial charge on any atom is -0.481 e. The topological polar surface area (TPSA) is 130 Å². The van der Waals surface area contributed by atoms with Crippen molar-refractivity contribution in [2.45, 2.75) is 0 Å². The molecule has 0 saturated heterocycles. The largest absolute Gasteiger partial charge is 0.481 e. The Morgan fingerprint density at radius 1 is 1.19 bits per heavy atom. The lowest BCUT2D eigenvalue weighted by Gasteiger charge is -2.06. The average Bonchev–Trinajstić information content (AvgIpc) is 3.17. The van der Waals surface area contributed by atoms with E-state index in [4.69, 9.17) is 14.3 Å². The molecular weight excluding hydrogens is 354 g/mol. The first kappa shape index (κ1) is 19.4. The van der Waals surface area contributed by atoms with Crippen molar-refractivity contribution >= 4 is 30.1 Å². The van der Waals surface area contributed by atoms with Crippen molar-refractivity contribution in [1.29, 1.82) is 0 Å². The molecule has 0 aliphatic rings. The number of carbonyl (C=O) groups excluding carboxylic acids is 2. The van der Waals surface area contributed by atoms with Gasteiger partial charge in [-0.15, -0.1) is 0 Å². The number of furan rings is 1. The summed E-state index contributed by atoms with van der Waals surface area (Å²) in [7, 11) is 0. The molecule has 2 aromatic rings. The molecule has 0 atom stereocenters. The number of carbonyl (C=O) groups is 3. The molecule has 0 fully saturated rings. The van der Waals surface area contributed by atoms with Gasteiger partial charge in [0.1, 0.15) is 11.5 Å². The fourth-order valence-electron chi connectivity index (χ4n) is 1.84. The van der Waals surface area contributed by atoms with Gasteiger partial charge in [0.05, 0.1) is 19.0 Å². The monoisotopic (exact) mass is 371 g/mol. The molecule has 0 unspecified atom stereocenters. The van der Waals surface area contributed by atoms with Gasteiger partial charge >= 0.3 is 5.97 Å². The van der Waals surface area contributed by atoms with Crippen LogP contribution in [0, 0.1) is 0 Å². The fraction of sp³-hybridized carbons (Fsp3) is 0.111. The third-order valence-corrected chi connectivity index (χ3v) is 3.03. The van der Waals surface area contributed by atoms with Crippen LogP contribution in [-0.4, -0.2) is 42.3 Å². The molecule has 140 valence electrons. The molecule has 0 aliphatic heterocycles. The second kappa shape index (κ2) is 10.2. The van der Waals surface area contributed by atoms with Crippen LogP contribution in [0.2, 0.25) is 0 Å². The number of hydrazone groups is 1. The summed E-state index contributed by atoms with van der Waals surface area (Å²) in [6.45, 7) is -0.759. The molecule has 0 saturated carbocycles. The smallest absolute Gasteiger partial charge is 0.341 e. The van der Waals surface area contributed by atoms with Gasteiger partial charge in [0.2, 0.25) is 5.91 Å². The lowest BCUT2D eigenvalue weighted by Crippen LogP contribution is -2.34. The summed E-state index contributed by atoms with van der Waals surface area (Å²) in [4.78, 5) is 33.8. The Hall–Kier alpha value is -3.88. The molecule has 9 nitrogen and oxygen atoms in total. The van der Waals surface area contributed by atoms with Crippen LogP contribution in [0.4, 0.5) is 0 Å². The zero-order valence-corrected chi connectivity index (χ0v) is 14.1. The molecule has 0 spiro atoms. The van der Waals surface area contributed by atoms with Crippen LogP contribution >= 0.6 is 0 Å². The Morgan fingerprint density at radius 2 is 2.00 bits per heavy atom. The van der Waals surface area contributed by atoms with Gasteiger partial charge in [-0.1, -0.05) is 12.1 Å². The van der Waals surface area contributed by atoms with Crippen LogP contribution in [0.5, 0.6) is 5.75 Å². The van der Waals surface area contributed by atoms with E-state index in [1.165, 1.54) is 24.6 Å². The van der Waals surface area contributed by atoms with Gasteiger partial charge in [-0.05, 0) is 30.3 Å². The predicted octanol–water partition coefficient (Wildman–Crippen LogP) is 1.02. The van der Waals surface area contributed by atoms with Crippen molar-refractivity contribution in [1.82, 2.24) is 10.7 Å². The molecule has 1 aromatic carbocycles. The summed E-state index contributed by atoms with van der Waals surface area (Å²) in [5.74, 6) is -1.27. The van der Waals surface area contributed by atoms with E-state index in [2.05, 4.69) is 15.8 Å². The summed E-state index contributed by atoms with van der Waals surface area (Å²) in [6.07, 6.45) is 5.51. The molecule has 0 bridgehead atoms. The summed E-state index contributed by atoms with van der Waals surface area (Å²) >= 11 is 0. The van der Waals surface area contributed by atoms with Gasteiger partial charge in [-0.3, -0.25) is 9.59 Å². The van der Waals surface area contributed by atoms with Crippen LogP contribution in [0.1, 0.15) is 11.3 Å². The average molecular weight is 371 g/mol. The molecule has 0 aliphatic carbocycles. The number of para-hydroxylation sites is 1. The Bertz CT molecular complexity index is 843. The van der Waals surface area contributed by atoms with E-state index in [9.17, 15) is 14.4 Å². The van der Waals surface area contributed by atoms with Crippen molar-refractivity contribution in [2.75, 3.05) is 13.2 Å². The van der Waals surface area contributed by atoms with E-state index >= 15 is 0 Å². The molecule has 27 heavy (non-hydrogen) atoms. The number of carboxylic acid groups (broad SMARTS) is 1. The van der Waals surface area contributed by atoms with Gasteiger partial charge in [0, 0.05) is 11.6 Å². The van der Waals surface area contributed by atoms with Crippen LogP contribution in [0.15, 0.2) is 58.3 Å². The van der Waals surface area contributed by atoms with Crippen LogP contribution in [0.3, 0.4) is 0 Å². The highest BCUT2D eigenvalue weighted by atomic mass is 16.5. The Balaban J connectivity index is 1.78. The second-order valence-corrected chi connectivity index (χ2v) is 5.08. The minimum atomic E-state index is -1.10. The maximum Gasteiger partial charge on any atom is 0.341 e. The quantitative estimate of drug-likeness (QED) is 0.343. The lowest BCUT2D eigenvalue weighted by molar-refractivity contribution is -0.139. The highest BCUT2D eigenvalue weighted by Gasteiger charge is 2.05. The van der Waals surface area contributed by atoms with Crippen LogP contribution in [-0.2, 0) is 14.4 Å². The second-order valence-electron chi connectivity index (χ2n) is 5.08. The molecule has 1 heterocycles. The first-order valence-corrected chi connectivity index (χ1v) is 7.79. The maximum atomic E-state index is 11.7. The zero-order chi connectivity index (χ0) is 19.5. The van der Waals surface area contributed by atoms with E-state index in [1.807, 2.05) is 0 Å². The van der Waals surface area contributed by atoms with Crippen molar-refractivity contribution in [3.05, 3.63) is 60.1 Å². The SMILES string of the molecule is O=C(O)COc1ccccc1/C=N\NC(=O)CNC(=O)/C=C/c1ccco1. The minimum absolute atomic E-state index is 0.268. The third-order valence-electron chi connectivity index (χ3n) is 3.03. The number of benzene rings is 1. The maximum absolute atomic E-state index is 11.7. The molecule has 2 rings (SSSR count). The van der Waals surface area contributed by atoms with Gasteiger partial charge < -0.3 is 19.6 Å². The summed E-state index contributed by atoms with van der Waals surface area (Å²) in [6, 6.07) is 9.99. The standard InChI is InChI=1S/C18H17N3O6/c22-16(8-7-14-5-3-9-26-14)19-11-17(23)21-20-10-13-4-1-2-6-15(13)27-12-18(24)25/h1-10H,11-12H2,(H,19,22)(H,21,23)(H,24,25)/b8-7+,20-10-. The van der Waals surface area contributed by atoms with Crippen molar-refractivity contribution in [3.8, 4) is 5.75 Å². The highest BCUT2D eigenvalue weighted by Crippen LogP contribution is 2.15. The van der Waals surface area contributed by atoms with Crippen molar-refractivity contribution in [3.63, 3.8) is 0 Å². The number of ether oxygens (including phenoxy) is 1. The molecule has 2 amide bonds. The number of carboxylic acids is 1. The van der Waals surface area contributed by atoms with Crippen molar-refractivity contribution in [2.24, 2.45) is 5.10 Å². The van der Waals surface area contributed by atoms with E-state index in [0.717, 1.165) is 0 Å². The van der Waals surface area contributed by atoms with Gasteiger partial charge in [0.15, 0.2) is 6.61 Å². The number of amides is 2. The summed E-state index contributed by atoms with van der Waals surface area (Å²) < 4.78 is 10.2. The highest BCUT2D eigenvalue weighted by molar-refractivity contribution is 5.94. The van der Waals surface area contributed by atoms with E-state index in [-0.39, 0.29) is 6.54 Å². The van der Waals surface area contributed by atoms with E-state index in [1.54, 1.807) is 36.4 Å². The number of rotatable bonds is 9. The Labute approximate surface area is 154 Å². The zero-order valence-electron chi connectivity index (χ0n) is 14.1. The number of nitrogens with one attached hydrogen (secondary N) is 2. The number of nitrogens with zero attached hydrogens (tertiary/aromatic N) is 1. The first-order valence-electron chi connectivity index (χ1n) is 7.79. The lowest BCUT2D eigenvalue weighted by atomic mass is 10.2. The number of hydrogen-bond donors (Lipinski definition) is 3. The molecule has 3 N–H and O–H groups in total. The number of hydrogen-bond acceptors (Lipinski definition) is 6. The Kier molecular flexibility index (Phi) is 7.34. The first-order chi connectivity index (χ1) is 13.0. The summed E-state index contributed by atoms with van der Waals surface area (Å²) in [5, 5.41) is 14.8. The molecule has 1 aromatic heterocycles. The fourth-order valence-corrected chi connectivity index (χ4v) is 1.84. The van der Waals surface area contributed by atoms with Gasteiger partial charge in [-0.2, -0.15) is 5.10 Å². The third kappa shape index (κ3) is 7.26. The van der Waals surface area contributed by atoms with Crippen LogP contribution < -0.4 is 15.5 Å². The van der Waals surface area contributed by atoms with E-state index in [0.29, 0.717) is 17.1 Å². The van der Waals surface area contributed by atoms with Crippen molar-refractivity contribution < 1.29 is 28.6 Å². The predicted molar refractivity (Wildman–Crippen MR) is 96.1 cm³/mol. The Morgan fingerprint density at radius 3 is 2.74 bits per heavy atom. The normalized spacial score (nSPS) is 10.8. The summed E-state index contributed by atoms with van der Waals surface area (Å²) in [5.41, 5.74) is 2.74. The molecule has 9 heteroatoms. The van der Waals surface area contributed by atoms with Gasteiger partial charge in [0.25, 0.3) is 5.91 Å². The number of aliphatic carboxylic acids is 1. The van der Waals surface area contributed by atoms with E-state index < -0.39 is 24.4 Å². The molecular formula is C18H17N3O6. The van der Waals surface area contributed by atoms with Gasteiger partial charge in [-0.25, -0.2) is 10.2 Å². The van der Waals surface area contributed by atoms with Crippen LogP contribution in [0.25, 0.3) is 6.08 Å². The molecule has 0 radical (unpaired) electrons.